The normalized spacial score (nSPS) is 12.3. The van der Waals surface area contributed by atoms with Gasteiger partial charge in [-0.05, 0) is 53.9 Å². The molecule has 0 radical (unpaired) electrons. The van der Waals surface area contributed by atoms with Crippen LogP contribution in [-0.4, -0.2) is 28.6 Å². The van der Waals surface area contributed by atoms with Crippen molar-refractivity contribution in [2.75, 3.05) is 0 Å². The van der Waals surface area contributed by atoms with Crippen LogP contribution < -0.4 is 10.7 Å². The summed E-state index contributed by atoms with van der Waals surface area (Å²) >= 11 is 18.3. The summed E-state index contributed by atoms with van der Waals surface area (Å²) in [7, 11) is 0. The molecule has 1 aromatic heterocycles. The molecular formula is C28H25Cl3N4O2. The second-order valence-corrected chi connectivity index (χ2v) is 10.2. The Hall–Kier alpha value is -3.32. The number of nitrogens with one attached hydrogen (secondary N) is 2. The smallest absolute Gasteiger partial charge is 0.262 e. The average Bonchev–Trinajstić information content (AvgIpc) is 3.21. The Bertz CT molecular complexity index is 1460. The van der Waals surface area contributed by atoms with Crippen LogP contribution in [0.5, 0.6) is 0 Å². The molecule has 1 heterocycles. The fourth-order valence-corrected chi connectivity index (χ4v) is 4.53. The maximum Gasteiger partial charge on any atom is 0.262 e. The fraction of sp³-hybridized carbons (Fsp3) is 0.179. The molecule has 0 aliphatic heterocycles. The second kappa shape index (κ2) is 11.8. The lowest BCUT2D eigenvalue weighted by Gasteiger charge is -2.20. The molecule has 37 heavy (non-hydrogen) atoms. The molecule has 0 spiro atoms. The quantitative estimate of drug-likeness (QED) is 0.191. The van der Waals surface area contributed by atoms with Gasteiger partial charge in [-0.1, -0.05) is 72.9 Å². The van der Waals surface area contributed by atoms with Crippen LogP contribution in [0.3, 0.4) is 0 Å². The summed E-state index contributed by atoms with van der Waals surface area (Å²) in [6.45, 7) is 4.25. The number of nitrogens with zero attached hydrogens (tertiary/aromatic N) is 2. The lowest BCUT2D eigenvalue weighted by Crippen LogP contribution is -2.48. The molecule has 0 saturated carbocycles. The number of hydrogen-bond donors (Lipinski definition) is 2. The molecule has 4 rings (SSSR count). The van der Waals surface area contributed by atoms with Gasteiger partial charge >= 0.3 is 0 Å². The molecule has 2 N–H and O–H groups in total. The van der Waals surface area contributed by atoms with Crippen molar-refractivity contribution in [1.29, 1.82) is 0 Å². The van der Waals surface area contributed by atoms with E-state index in [1.54, 1.807) is 36.5 Å². The molecule has 1 unspecified atom stereocenters. The number of hydrazone groups is 1. The highest BCUT2D eigenvalue weighted by molar-refractivity contribution is 6.35. The molecule has 6 nitrogen and oxygen atoms in total. The third-order valence-electron chi connectivity index (χ3n) is 5.90. The Balaban J connectivity index is 1.49. The molecule has 3 aromatic carbocycles. The van der Waals surface area contributed by atoms with Gasteiger partial charge in [0.1, 0.15) is 6.04 Å². The van der Waals surface area contributed by atoms with E-state index in [0.717, 1.165) is 22.0 Å². The number of para-hydroxylation sites is 1. The van der Waals surface area contributed by atoms with Gasteiger partial charge in [0, 0.05) is 49.8 Å². The maximum absolute atomic E-state index is 12.9. The van der Waals surface area contributed by atoms with Gasteiger partial charge in [-0.2, -0.15) is 5.10 Å². The predicted molar refractivity (Wildman–Crippen MR) is 151 cm³/mol. The summed E-state index contributed by atoms with van der Waals surface area (Å²) in [6.07, 6.45) is 3.55. The van der Waals surface area contributed by atoms with E-state index in [1.807, 2.05) is 56.4 Å². The molecule has 0 fully saturated rings. The SMILES string of the molecule is CC(C)C(NC(=O)c1ccc(Cl)cc1)C(=O)N/N=C\c1cn(Cc2ccc(Cl)cc2Cl)c2ccccc12. The van der Waals surface area contributed by atoms with Gasteiger partial charge in [0.25, 0.3) is 11.8 Å². The molecule has 0 saturated heterocycles. The van der Waals surface area contributed by atoms with Crippen molar-refractivity contribution in [2.45, 2.75) is 26.4 Å². The number of amides is 2. The highest BCUT2D eigenvalue weighted by Crippen LogP contribution is 2.25. The lowest BCUT2D eigenvalue weighted by molar-refractivity contribution is -0.123. The summed E-state index contributed by atoms with van der Waals surface area (Å²) < 4.78 is 2.07. The van der Waals surface area contributed by atoms with Gasteiger partial charge < -0.3 is 9.88 Å². The van der Waals surface area contributed by atoms with E-state index in [2.05, 4.69) is 20.4 Å². The van der Waals surface area contributed by atoms with Crippen LogP contribution >= 0.6 is 34.8 Å². The van der Waals surface area contributed by atoms with E-state index in [1.165, 1.54) is 0 Å². The number of benzene rings is 3. The molecule has 0 bridgehead atoms. The Morgan fingerprint density at radius 2 is 1.68 bits per heavy atom. The summed E-state index contributed by atoms with van der Waals surface area (Å²) in [5, 5.41) is 9.64. The van der Waals surface area contributed by atoms with Crippen molar-refractivity contribution < 1.29 is 9.59 Å². The zero-order valence-electron chi connectivity index (χ0n) is 20.2. The molecular weight excluding hydrogens is 531 g/mol. The van der Waals surface area contributed by atoms with Crippen LogP contribution in [0.25, 0.3) is 10.9 Å². The third kappa shape index (κ3) is 6.52. The number of carbonyl (C=O) groups excluding carboxylic acids is 2. The van der Waals surface area contributed by atoms with Gasteiger partial charge in [-0.15, -0.1) is 0 Å². The average molecular weight is 556 g/mol. The Morgan fingerprint density at radius 1 is 0.973 bits per heavy atom. The van der Waals surface area contributed by atoms with Crippen molar-refractivity contribution in [3.8, 4) is 0 Å². The Morgan fingerprint density at radius 3 is 2.38 bits per heavy atom. The van der Waals surface area contributed by atoms with Crippen LogP contribution in [0.1, 0.15) is 35.3 Å². The highest BCUT2D eigenvalue weighted by Gasteiger charge is 2.24. The van der Waals surface area contributed by atoms with Gasteiger partial charge in [0.2, 0.25) is 0 Å². The molecule has 190 valence electrons. The van der Waals surface area contributed by atoms with E-state index in [-0.39, 0.29) is 11.8 Å². The number of carbonyl (C=O) groups is 2. The molecule has 0 aliphatic rings. The molecule has 1 atom stereocenters. The summed E-state index contributed by atoms with van der Waals surface area (Å²) in [5.41, 5.74) is 5.74. The molecule has 2 amide bonds. The summed E-state index contributed by atoms with van der Waals surface area (Å²) in [6, 6.07) is 19.0. The first-order valence-corrected chi connectivity index (χ1v) is 12.8. The van der Waals surface area contributed by atoms with Crippen molar-refractivity contribution in [3.63, 3.8) is 0 Å². The number of hydrogen-bond acceptors (Lipinski definition) is 3. The van der Waals surface area contributed by atoms with Crippen LogP contribution in [0.2, 0.25) is 15.1 Å². The minimum atomic E-state index is -0.770. The number of aromatic nitrogens is 1. The van der Waals surface area contributed by atoms with Crippen molar-refractivity contribution in [2.24, 2.45) is 11.0 Å². The number of halogens is 3. The van der Waals surface area contributed by atoms with Gasteiger partial charge in [0.15, 0.2) is 0 Å². The number of rotatable bonds is 8. The van der Waals surface area contributed by atoms with E-state index < -0.39 is 11.9 Å². The minimum absolute atomic E-state index is 0.155. The van der Waals surface area contributed by atoms with E-state index in [0.29, 0.717) is 27.2 Å². The van der Waals surface area contributed by atoms with E-state index in [9.17, 15) is 9.59 Å². The van der Waals surface area contributed by atoms with Gasteiger partial charge in [-0.3, -0.25) is 9.59 Å². The predicted octanol–water partition coefficient (Wildman–Crippen LogP) is 6.55. The van der Waals surface area contributed by atoms with E-state index >= 15 is 0 Å². The van der Waals surface area contributed by atoms with Crippen molar-refractivity contribution >= 4 is 63.7 Å². The first kappa shape index (κ1) is 26.7. The van der Waals surface area contributed by atoms with Crippen LogP contribution in [0.15, 0.2) is 78.0 Å². The maximum atomic E-state index is 12.9. The molecule has 9 heteroatoms. The van der Waals surface area contributed by atoms with Crippen LogP contribution in [0.4, 0.5) is 0 Å². The molecule has 0 aliphatic carbocycles. The van der Waals surface area contributed by atoms with Gasteiger partial charge in [0.05, 0.1) is 6.21 Å². The zero-order valence-corrected chi connectivity index (χ0v) is 22.5. The lowest BCUT2D eigenvalue weighted by atomic mass is 10.0. The Kier molecular flexibility index (Phi) is 8.54. The summed E-state index contributed by atoms with van der Waals surface area (Å²) in [4.78, 5) is 25.5. The van der Waals surface area contributed by atoms with Gasteiger partial charge in [-0.25, -0.2) is 5.43 Å². The monoisotopic (exact) mass is 554 g/mol. The van der Waals surface area contributed by atoms with E-state index in [4.69, 9.17) is 34.8 Å². The number of fused-ring (bicyclic) bond motifs is 1. The van der Waals surface area contributed by atoms with Crippen molar-refractivity contribution in [3.05, 3.63) is 105 Å². The van der Waals surface area contributed by atoms with Crippen LogP contribution in [-0.2, 0) is 11.3 Å². The summed E-state index contributed by atoms with van der Waals surface area (Å²) in [5.74, 6) is -0.929. The highest BCUT2D eigenvalue weighted by atomic mass is 35.5. The Labute approximate surface area is 230 Å². The topological polar surface area (TPSA) is 75.5 Å². The second-order valence-electron chi connectivity index (χ2n) is 8.90. The largest absolute Gasteiger partial charge is 0.342 e. The molecule has 4 aromatic rings. The van der Waals surface area contributed by atoms with Crippen LogP contribution in [0, 0.1) is 5.92 Å². The minimum Gasteiger partial charge on any atom is -0.342 e. The first-order chi connectivity index (χ1) is 17.7. The van der Waals surface area contributed by atoms with Crippen molar-refractivity contribution in [1.82, 2.24) is 15.3 Å². The zero-order chi connectivity index (χ0) is 26.5. The first-order valence-electron chi connectivity index (χ1n) is 11.6. The fourth-order valence-electron chi connectivity index (χ4n) is 3.94. The standard InChI is InChI=1S/C28H25Cl3N4O2/c1-17(2)26(33-27(36)18-7-10-21(29)11-8-18)28(37)34-32-14-20-16-35(25-6-4-3-5-23(20)25)15-19-9-12-22(30)13-24(19)31/h3-14,16-17,26H,15H2,1-2H3,(H,33,36)(H,34,37)/b32-14-. The third-order valence-corrected chi connectivity index (χ3v) is 6.73.